The second-order valence-corrected chi connectivity index (χ2v) is 11.8. The third-order valence-corrected chi connectivity index (χ3v) is 7.37. The molecule has 0 bridgehead atoms. The SMILES string of the molecule is CC(C)(C)c1cc(Oc2cccc(Cl)c2C#N)ccc1Oc1cccc(Oc2cccc(Oc3cccc(Cl)c3C#N)c2)c1C#N. The average molecular weight is 647 g/mol. The molecule has 9 heteroatoms. The molecule has 0 amide bonds. The Hall–Kier alpha value is -5.65. The fourth-order valence-corrected chi connectivity index (χ4v) is 4.95. The minimum Gasteiger partial charge on any atom is -0.456 e. The maximum absolute atomic E-state index is 10.2. The van der Waals surface area contributed by atoms with Gasteiger partial charge in [-0.2, -0.15) is 15.8 Å². The van der Waals surface area contributed by atoms with Gasteiger partial charge >= 0.3 is 0 Å². The number of nitriles is 3. The van der Waals surface area contributed by atoms with Crippen molar-refractivity contribution in [2.24, 2.45) is 0 Å². The van der Waals surface area contributed by atoms with E-state index in [4.69, 9.17) is 42.1 Å². The van der Waals surface area contributed by atoms with Gasteiger partial charge in [0.1, 0.15) is 80.9 Å². The van der Waals surface area contributed by atoms with Gasteiger partial charge in [0, 0.05) is 11.6 Å². The lowest BCUT2D eigenvalue weighted by Crippen LogP contribution is -2.13. The Morgan fingerprint density at radius 1 is 0.478 bits per heavy atom. The van der Waals surface area contributed by atoms with Crippen LogP contribution in [0.2, 0.25) is 10.0 Å². The van der Waals surface area contributed by atoms with Crippen LogP contribution in [0.4, 0.5) is 0 Å². The van der Waals surface area contributed by atoms with Crippen molar-refractivity contribution < 1.29 is 18.9 Å². The van der Waals surface area contributed by atoms with E-state index in [1.165, 1.54) is 0 Å². The van der Waals surface area contributed by atoms with Crippen LogP contribution in [0.5, 0.6) is 46.0 Å². The van der Waals surface area contributed by atoms with Gasteiger partial charge in [-0.1, -0.05) is 68.2 Å². The number of rotatable bonds is 8. The lowest BCUT2D eigenvalue weighted by Gasteiger charge is -2.24. The maximum atomic E-state index is 10.2. The number of nitrogens with zero attached hydrogens (tertiary/aromatic N) is 3. The number of ether oxygens (including phenoxy) is 4. The van der Waals surface area contributed by atoms with E-state index in [9.17, 15) is 15.8 Å². The van der Waals surface area contributed by atoms with Crippen LogP contribution in [-0.2, 0) is 5.41 Å². The molecule has 5 rings (SSSR count). The van der Waals surface area contributed by atoms with Gasteiger partial charge in [-0.25, -0.2) is 0 Å². The van der Waals surface area contributed by atoms with Gasteiger partial charge in [-0.3, -0.25) is 0 Å². The van der Waals surface area contributed by atoms with Crippen molar-refractivity contribution in [1.29, 1.82) is 15.8 Å². The van der Waals surface area contributed by atoms with E-state index in [-0.39, 0.29) is 32.9 Å². The Bertz CT molecular complexity index is 2070. The minimum absolute atomic E-state index is 0.188. The molecule has 0 atom stereocenters. The van der Waals surface area contributed by atoms with E-state index >= 15 is 0 Å². The molecule has 5 aromatic carbocycles. The molecule has 5 aromatic rings. The van der Waals surface area contributed by atoms with Gasteiger partial charge in [0.05, 0.1) is 10.0 Å². The Labute approximate surface area is 276 Å². The Kier molecular flexibility index (Phi) is 9.36. The molecule has 0 unspecified atom stereocenters. The molecule has 0 aliphatic heterocycles. The molecule has 46 heavy (non-hydrogen) atoms. The molecule has 0 aromatic heterocycles. The second-order valence-electron chi connectivity index (χ2n) is 11.0. The highest BCUT2D eigenvalue weighted by Crippen LogP contribution is 2.41. The highest BCUT2D eigenvalue weighted by Gasteiger charge is 2.23. The number of hydrogen-bond donors (Lipinski definition) is 0. The zero-order valence-electron chi connectivity index (χ0n) is 25.0. The van der Waals surface area contributed by atoms with E-state index in [1.54, 1.807) is 91.0 Å². The highest BCUT2D eigenvalue weighted by molar-refractivity contribution is 6.32. The van der Waals surface area contributed by atoms with Gasteiger partial charge in [-0.05, 0) is 72.1 Å². The molecule has 0 heterocycles. The van der Waals surface area contributed by atoms with E-state index in [0.29, 0.717) is 45.3 Å². The fourth-order valence-electron chi connectivity index (χ4n) is 4.54. The van der Waals surface area contributed by atoms with Crippen molar-refractivity contribution >= 4 is 23.2 Å². The van der Waals surface area contributed by atoms with Gasteiger partial charge in [0.25, 0.3) is 0 Å². The largest absolute Gasteiger partial charge is 0.456 e. The molecule has 226 valence electrons. The predicted molar refractivity (Wildman–Crippen MR) is 175 cm³/mol. The molecule has 0 fully saturated rings. The standard InChI is InChI=1S/C37H25Cl2N3O4/c1-37(2,3)29-19-25(45-33-13-6-11-31(39)27(33)21-41)16-17-36(29)46-35-15-7-14-34(28(35)22-42)44-24-9-4-8-23(18-24)43-32-12-5-10-30(38)26(32)20-40/h4-19H,1-3H3. The summed E-state index contributed by atoms with van der Waals surface area (Å²) in [4.78, 5) is 0. The first-order valence-corrected chi connectivity index (χ1v) is 14.7. The van der Waals surface area contributed by atoms with Crippen molar-refractivity contribution in [1.82, 2.24) is 0 Å². The smallest absolute Gasteiger partial charge is 0.149 e. The summed E-state index contributed by atoms with van der Waals surface area (Å²) >= 11 is 12.3. The highest BCUT2D eigenvalue weighted by atomic mass is 35.5. The molecule has 0 aliphatic carbocycles. The quantitative estimate of drug-likeness (QED) is 0.165. The van der Waals surface area contributed by atoms with E-state index < -0.39 is 0 Å². The summed E-state index contributed by atoms with van der Waals surface area (Å²) in [7, 11) is 0. The Balaban J connectivity index is 1.42. The van der Waals surface area contributed by atoms with Gasteiger partial charge in [0.2, 0.25) is 0 Å². The fraction of sp³-hybridized carbons (Fsp3) is 0.108. The Morgan fingerprint density at radius 3 is 1.37 bits per heavy atom. The molecular formula is C37H25Cl2N3O4. The molecule has 0 N–H and O–H groups in total. The summed E-state index contributed by atoms with van der Waals surface area (Å²) < 4.78 is 24.4. The lowest BCUT2D eigenvalue weighted by atomic mass is 9.86. The topological polar surface area (TPSA) is 108 Å². The first kappa shape index (κ1) is 31.8. The monoisotopic (exact) mass is 645 g/mol. The number of halogens is 2. The average Bonchev–Trinajstić information content (AvgIpc) is 3.02. The summed E-state index contributed by atoms with van der Waals surface area (Å²) in [5.74, 6) is 3.06. The zero-order valence-corrected chi connectivity index (χ0v) is 26.5. The summed E-state index contributed by atoms with van der Waals surface area (Å²) in [6.45, 7) is 6.09. The van der Waals surface area contributed by atoms with Crippen LogP contribution in [0.25, 0.3) is 0 Å². The van der Waals surface area contributed by atoms with Crippen LogP contribution >= 0.6 is 23.2 Å². The van der Waals surface area contributed by atoms with Crippen molar-refractivity contribution in [2.45, 2.75) is 26.2 Å². The molecule has 0 saturated carbocycles. The summed E-state index contributed by atoms with van der Waals surface area (Å²) in [6.07, 6.45) is 0. The lowest BCUT2D eigenvalue weighted by molar-refractivity contribution is 0.435. The Morgan fingerprint density at radius 2 is 0.891 bits per heavy atom. The number of benzene rings is 5. The number of hydrogen-bond acceptors (Lipinski definition) is 7. The van der Waals surface area contributed by atoms with Crippen LogP contribution in [0.15, 0.2) is 97.1 Å². The molecule has 0 saturated heterocycles. The van der Waals surface area contributed by atoms with Gasteiger partial charge in [-0.15, -0.1) is 0 Å². The molecule has 0 aliphatic rings. The molecular weight excluding hydrogens is 621 g/mol. The first-order valence-electron chi connectivity index (χ1n) is 14.0. The minimum atomic E-state index is -0.378. The van der Waals surface area contributed by atoms with Crippen molar-refractivity contribution in [2.75, 3.05) is 0 Å². The van der Waals surface area contributed by atoms with Crippen LogP contribution in [0.1, 0.15) is 43.0 Å². The van der Waals surface area contributed by atoms with Gasteiger partial charge < -0.3 is 18.9 Å². The molecule has 0 radical (unpaired) electrons. The predicted octanol–water partition coefficient (Wildman–Crippen LogP) is 11.1. The second kappa shape index (κ2) is 13.6. The van der Waals surface area contributed by atoms with E-state index in [1.807, 2.05) is 26.8 Å². The normalized spacial score (nSPS) is 10.7. The van der Waals surface area contributed by atoms with Crippen LogP contribution < -0.4 is 18.9 Å². The van der Waals surface area contributed by atoms with E-state index in [0.717, 1.165) is 5.56 Å². The van der Waals surface area contributed by atoms with Crippen molar-refractivity contribution in [3.05, 3.63) is 129 Å². The third kappa shape index (κ3) is 7.01. The first-order chi connectivity index (χ1) is 22.1. The van der Waals surface area contributed by atoms with Crippen LogP contribution in [0, 0.1) is 34.0 Å². The summed E-state index contributed by atoms with van der Waals surface area (Å²) in [5, 5.41) is 29.8. The maximum Gasteiger partial charge on any atom is 0.149 e. The van der Waals surface area contributed by atoms with Crippen molar-refractivity contribution in [3.63, 3.8) is 0 Å². The van der Waals surface area contributed by atoms with Crippen LogP contribution in [0.3, 0.4) is 0 Å². The van der Waals surface area contributed by atoms with E-state index in [2.05, 4.69) is 18.2 Å². The van der Waals surface area contributed by atoms with Crippen LogP contribution in [-0.4, -0.2) is 0 Å². The summed E-state index contributed by atoms with van der Waals surface area (Å²) in [5.41, 5.74) is 1.08. The zero-order chi connectivity index (χ0) is 32.8. The summed E-state index contributed by atoms with van der Waals surface area (Å²) in [6, 6.07) is 33.5. The third-order valence-electron chi connectivity index (χ3n) is 6.74. The van der Waals surface area contributed by atoms with Crippen molar-refractivity contribution in [3.8, 4) is 64.2 Å². The molecule has 7 nitrogen and oxygen atoms in total. The molecule has 0 spiro atoms. The van der Waals surface area contributed by atoms with Gasteiger partial charge in [0.15, 0.2) is 0 Å².